The first-order chi connectivity index (χ1) is 11.5. The summed E-state index contributed by atoms with van der Waals surface area (Å²) in [5.41, 5.74) is 0.716. The lowest BCUT2D eigenvalue weighted by Gasteiger charge is -2.23. The van der Waals surface area contributed by atoms with Crippen LogP contribution in [0.25, 0.3) is 6.08 Å². The number of rotatable bonds is 4. The molecule has 2 aromatic rings. The van der Waals surface area contributed by atoms with Gasteiger partial charge in [0.05, 0.1) is 0 Å². The predicted octanol–water partition coefficient (Wildman–Crippen LogP) is 3.93. The molecule has 2 aromatic carbocycles. The van der Waals surface area contributed by atoms with Gasteiger partial charge in [-0.2, -0.15) is 0 Å². The number of carbonyl (C=O) groups excluding carboxylic acids is 2. The van der Waals surface area contributed by atoms with E-state index in [1.165, 1.54) is 4.90 Å². The number of benzene rings is 2. The van der Waals surface area contributed by atoms with Gasteiger partial charge in [-0.25, -0.2) is 4.79 Å². The van der Waals surface area contributed by atoms with Crippen molar-refractivity contribution >= 4 is 33.9 Å². The van der Waals surface area contributed by atoms with E-state index in [2.05, 4.69) is 21.2 Å². The van der Waals surface area contributed by atoms with E-state index in [-0.39, 0.29) is 18.5 Å². The summed E-state index contributed by atoms with van der Waals surface area (Å²) in [5, 5.41) is 2.81. The standard InChI is InChI=1S/C19H17BrN2O2/c1-19(15-11-5-6-12-16(15)20)17(23)22(18(24)21-19)13-7-10-14-8-3-2-4-9-14/h2-12H,13H2,1H3,(H,21,24)/b10-7+. The van der Waals surface area contributed by atoms with Crippen LogP contribution in [0, 0.1) is 0 Å². The predicted molar refractivity (Wildman–Crippen MR) is 97.2 cm³/mol. The third kappa shape index (κ3) is 2.99. The van der Waals surface area contributed by atoms with Crippen LogP contribution in [-0.4, -0.2) is 23.4 Å². The van der Waals surface area contributed by atoms with E-state index in [9.17, 15) is 9.59 Å². The molecule has 0 bridgehead atoms. The molecule has 1 N–H and O–H groups in total. The lowest BCUT2D eigenvalue weighted by atomic mass is 9.92. The van der Waals surface area contributed by atoms with Gasteiger partial charge in [0, 0.05) is 16.6 Å². The average molecular weight is 385 g/mol. The van der Waals surface area contributed by atoms with E-state index >= 15 is 0 Å². The van der Waals surface area contributed by atoms with Crippen molar-refractivity contribution in [3.05, 3.63) is 76.3 Å². The zero-order valence-electron chi connectivity index (χ0n) is 13.2. The minimum absolute atomic E-state index is 0.236. The molecular weight excluding hydrogens is 368 g/mol. The molecule has 0 aliphatic carbocycles. The fourth-order valence-corrected chi connectivity index (χ4v) is 3.45. The summed E-state index contributed by atoms with van der Waals surface area (Å²) in [7, 11) is 0. The largest absolute Gasteiger partial charge is 0.325 e. The second-order valence-corrected chi connectivity index (χ2v) is 6.62. The minimum atomic E-state index is -1.06. The molecule has 0 spiro atoms. The highest BCUT2D eigenvalue weighted by Crippen LogP contribution is 2.33. The molecule has 3 rings (SSSR count). The van der Waals surface area contributed by atoms with E-state index in [4.69, 9.17) is 0 Å². The first kappa shape index (κ1) is 16.5. The van der Waals surface area contributed by atoms with Gasteiger partial charge in [0.2, 0.25) is 0 Å². The van der Waals surface area contributed by atoms with Gasteiger partial charge in [0.1, 0.15) is 5.54 Å². The number of carbonyl (C=O) groups is 2. The van der Waals surface area contributed by atoms with Gasteiger partial charge in [0.15, 0.2) is 0 Å². The number of nitrogens with one attached hydrogen (secondary N) is 1. The van der Waals surface area contributed by atoms with Crippen molar-refractivity contribution in [2.75, 3.05) is 6.54 Å². The Morgan fingerprint density at radius 3 is 2.46 bits per heavy atom. The Morgan fingerprint density at radius 1 is 1.08 bits per heavy atom. The van der Waals surface area contributed by atoms with Crippen LogP contribution in [0.1, 0.15) is 18.1 Å². The second kappa shape index (κ2) is 6.61. The summed E-state index contributed by atoms with van der Waals surface area (Å²) in [6.07, 6.45) is 3.72. The molecule has 1 heterocycles. The molecule has 1 fully saturated rings. The maximum absolute atomic E-state index is 12.8. The van der Waals surface area contributed by atoms with Crippen LogP contribution in [0.3, 0.4) is 0 Å². The number of hydrogen-bond acceptors (Lipinski definition) is 2. The molecule has 0 saturated carbocycles. The molecule has 1 atom stereocenters. The number of hydrogen-bond donors (Lipinski definition) is 1. The number of halogens is 1. The maximum Gasteiger partial charge on any atom is 0.325 e. The molecule has 24 heavy (non-hydrogen) atoms. The van der Waals surface area contributed by atoms with Gasteiger partial charge in [-0.05, 0) is 18.6 Å². The Balaban J connectivity index is 1.79. The van der Waals surface area contributed by atoms with Crippen LogP contribution in [0.15, 0.2) is 65.1 Å². The van der Waals surface area contributed by atoms with Crippen molar-refractivity contribution < 1.29 is 9.59 Å². The third-order valence-corrected chi connectivity index (χ3v) is 4.78. The molecule has 5 heteroatoms. The summed E-state index contributed by atoms with van der Waals surface area (Å²) >= 11 is 3.46. The Bertz CT molecular complexity index is 804. The van der Waals surface area contributed by atoms with Crippen LogP contribution < -0.4 is 5.32 Å². The van der Waals surface area contributed by atoms with Gasteiger partial charge >= 0.3 is 6.03 Å². The molecule has 0 aromatic heterocycles. The highest BCUT2D eigenvalue weighted by atomic mass is 79.9. The van der Waals surface area contributed by atoms with E-state index in [0.29, 0.717) is 0 Å². The lowest BCUT2D eigenvalue weighted by molar-refractivity contribution is -0.130. The highest BCUT2D eigenvalue weighted by molar-refractivity contribution is 9.10. The number of amides is 3. The van der Waals surface area contributed by atoms with E-state index < -0.39 is 5.54 Å². The van der Waals surface area contributed by atoms with Gasteiger partial charge < -0.3 is 5.32 Å². The van der Waals surface area contributed by atoms with Crippen LogP contribution >= 0.6 is 15.9 Å². The molecule has 1 saturated heterocycles. The first-order valence-electron chi connectivity index (χ1n) is 7.63. The van der Waals surface area contributed by atoms with Crippen LogP contribution in [-0.2, 0) is 10.3 Å². The molecule has 1 aliphatic heterocycles. The summed E-state index contributed by atoms with van der Waals surface area (Å²) in [5.74, 6) is -0.253. The van der Waals surface area contributed by atoms with Crippen molar-refractivity contribution in [3.63, 3.8) is 0 Å². The Morgan fingerprint density at radius 2 is 1.75 bits per heavy atom. The molecule has 1 unspecified atom stereocenters. The van der Waals surface area contributed by atoms with Crippen molar-refractivity contribution in [3.8, 4) is 0 Å². The van der Waals surface area contributed by atoms with Crippen LogP contribution in [0.2, 0.25) is 0 Å². The number of nitrogens with zero attached hydrogens (tertiary/aromatic N) is 1. The quantitative estimate of drug-likeness (QED) is 0.811. The molecule has 122 valence electrons. The fraction of sp³-hybridized carbons (Fsp3) is 0.158. The molecule has 4 nitrogen and oxygen atoms in total. The fourth-order valence-electron chi connectivity index (χ4n) is 2.77. The van der Waals surface area contributed by atoms with E-state index in [1.54, 1.807) is 6.92 Å². The lowest BCUT2D eigenvalue weighted by Crippen LogP contribution is -2.41. The average Bonchev–Trinajstić information content (AvgIpc) is 2.80. The van der Waals surface area contributed by atoms with Gasteiger partial charge in [-0.1, -0.05) is 76.6 Å². The third-order valence-electron chi connectivity index (χ3n) is 4.09. The molecule has 0 radical (unpaired) electrons. The van der Waals surface area contributed by atoms with Crippen molar-refractivity contribution in [2.45, 2.75) is 12.5 Å². The molecular formula is C19H17BrN2O2. The minimum Gasteiger partial charge on any atom is -0.319 e. The van der Waals surface area contributed by atoms with Crippen LogP contribution in [0.5, 0.6) is 0 Å². The van der Waals surface area contributed by atoms with E-state index in [1.807, 2.05) is 66.7 Å². The Hall–Kier alpha value is -2.40. The van der Waals surface area contributed by atoms with Gasteiger partial charge in [0.25, 0.3) is 5.91 Å². The Kier molecular flexibility index (Phi) is 4.53. The zero-order chi connectivity index (χ0) is 17.2. The maximum atomic E-state index is 12.8. The molecule has 1 aliphatic rings. The number of urea groups is 1. The SMILES string of the molecule is CC1(c2ccccc2Br)NC(=O)N(C/C=C/c2ccccc2)C1=O. The smallest absolute Gasteiger partial charge is 0.319 e. The monoisotopic (exact) mass is 384 g/mol. The summed E-state index contributed by atoms with van der Waals surface area (Å²) in [6, 6.07) is 16.8. The summed E-state index contributed by atoms with van der Waals surface area (Å²) < 4.78 is 0.794. The topological polar surface area (TPSA) is 49.4 Å². The summed E-state index contributed by atoms with van der Waals surface area (Å²) in [4.78, 5) is 26.3. The van der Waals surface area contributed by atoms with Crippen molar-refractivity contribution in [2.24, 2.45) is 0 Å². The van der Waals surface area contributed by atoms with Gasteiger partial charge in [-0.15, -0.1) is 0 Å². The highest BCUT2D eigenvalue weighted by Gasteiger charge is 2.49. The second-order valence-electron chi connectivity index (χ2n) is 5.76. The zero-order valence-corrected chi connectivity index (χ0v) is 14.8. The summed E-state index contributed by atoms with van der Waals surface area (Å²) in [6.45, 7) is 1.97. The van der Waals surface area contributed by atoms with Crippen molar-refractivity contribution in [1.82, 2.24) is 10.2 Å². The van der Waals surface area contributed by atoms with Crippen LogP contribution in [0.4, 0.5) is 4.79 Å². The first-order valence-corrected chi connectivity index (χ1v) is 8.42. The van der Waals surface area contributed by atoms with Crippen molar-refractivity contribution in [1.29, 1.82) is 0 Å². The normalized spacial score (nSPS) is 20.7. The van der Waals surface area contributed by atoms with E-state index in [0.717, 1.165) is 15.6 Å². The van der Waals surface area contributed by atoms with Gasteiger partial charge in [-0.3, -0.25) is 9.69 Å². The number of imide groups is 1. The molecule has 3 amide bonds. The Labute approximate surface area is 149 Å².